The fourth-order valence-electron chi connectivity index (χ4n) is 1.24. The van der Waals surface area contributed by atoms with Gasteiger partial charge in [0.05, 0.1) is 5.56 Å². The molecule has 0 unspecified atom stereocenters. The summed E-state index contributed by atoms with van der Waals surface area (Å²) in [4.78, 5) is 3.80. The highest BCUT2D eigenvalue weighted by Gasteiger charge is 2.34. The summed E-state index contributed by atoms with van der Waals surface area (Å²) in [5.74, 6) is -1.29. The van der Waals surface area contributed by atoms with Crippen LogP contribution in [0, 0.1) is 5.82 Å². The van der Waals surface area contributed by atoms with Crippen molar-refractivity contribution < 1.29 is 35.3 Å². The van der Waals surface area contributed by atoms with Crippen LogP contribution < -0.4 is 17.7 Å². The van der Waals surface area contributed by atoms with Crippen LogP contribution in [0.1, 0.15) is 5.56 Å². The van der Waals surface area contributed by atoms with Crippen molar-refractivity contribution in [1.29, 1.82) is 0 Å². The molecule has 0 amide bonds. The lowest BCUT2D eigenvalue weighted by Gasteiger charge is -2.07. The zero-order valence-corrected chi connectivity index (χ0v) is 10.2. The molecule has 0 spiro atoms. The molecule has 0 radical (unpaired) electrons. The molecule has 0 saturated carbocycles. The van der Waals surface area contributed by atoms with Gasteiger partial charge in [0, 0.05) is 23.7 Å². The second-order valence-electron chi connectivity index (χ2n) is 3.16. The van der Waals surface area contributed by atoms with Gasteiger partial charge in [-0.3, -0.25) is 5.32 Å². The lowest BCUT2D eigenvalue weighted by atomic mass is 10.2. The van der Waals surface area contributed by atoms with E-state index in [1.807, 2.05) is 0 Å². The molecule has 0 aliphatic rings. The summed E-state index contributed by atoms with van der Waals surface area (Å²) >= 11 is 1.04. The highest BCUT2D eigenvalue weighted by Crippen LogP contribution is 2.32. The minimum atomic E-state index is -4.70. The van der Waals surface area contributed by atoms with E-state index in [4.69, 9.17) is 0 Å². The number of halogens is 5. The van der Waals surface area contributed by atoms with Crippen LogP contribution in [-0.4, -0.2) is 9.36 Å². The van der Waals surface area contributed by atoms with E-state index in [1.54, 1.807) is 0 Å². The van der Waals surface area contributed by atoms with Crippen LogP contribution in [0.4, 0.5) is 28.4 Å². The Morgan fingerprint density at radius 2 is 1.94 bits per heavy atom. The van der Waals surface area contributed by atoms with Crippen LogP contribution in [-0.2, 0) is 6.18 Å². The van der Waals surface area contributed by atoms with Crippen LogP contribution in [0.2, 0.25) is 0 Å². The molecule has 1 heterocycles. The van der Waals surface area contributed by atoms with Gasteiger partial charge in [-0.1, -0.05) is 0 Å². The second kappa shape index (κ2) is 5.59. The quantitative estimate of drug-likeness (QED) is 0.584. The van der Waals surface area contributed by atoms with Gasteiger partial charge in [-0.2, -0.15) is 22.5 Å². The Balaban J connectivity index is 0.00000162. The van der Waals surface area contributed by atoms with Gasteiger partial charge in [0.1, 0.15) is 17.8 Å². The summed E-state index contributed by atoms with van der Waals surface area (Å²) in [5.41, 5.74) is -1.05. The smallest absolute Gasteiger partial charge is 0.419 e. The molecule has 2 aromatic rings. The van der Waals surface area contributed by atoms with E-state index in [0.29, 0.717) is 5.13 Å². The first-order valence-electron chi connectivity index (χ1n) is 4.45. The average molecular weight is 300 g/mol. The van der Waals surface area contributed by atoms with E-state index in [0.717, 1.165) is 23.7 Å². The van der Waals surface area contributed by atoms with Crippen LogP contribution in [0.25, 0.3) is 0 Å². The van der Waals surface area contributed by atoms with E-state index in [2.05, 4.69) is 9.36 Å². The SMILES string of the molecule is Fc1ccc([NH2+]c2ncns2)cc1C(F)(F)F.[Cl-]. The number of hydrogen-bond donors (Lipinski definition) is 1. The molecule has 1 aromatic heterocycles. The summed E-state index contributed by atoms with van der Waals surface area (Å²) in [6.45, 7) is 0. The average Bonchev–Trinajstić information content (AvgIpc) is 2.72. The van der Waals surface area contributed by atoms with Crippen molar-refractivity contribution in [3.8, 4) is 0 Å². The van der Waals surface area contributed by atoms with Crippen molar-refractivity contribution in [3.63, 3.8) is 0 Å². The highest BCUT2D eigenvalue weighted by atomic mass is 35.5. The predicted octanol–water partition coefficient (Wildman–Crippen LogP) is -0.773. The van der Waals surface area contributed by atoms with E-state index >= 15 is 0 Å². The monoisotopic (exact) mass is 299 g/mol. The van der Waals surface area contributed by atoms with E-state index in [-0.39, 0.29) is 18.1 Å². The fraction of sp³-hybridized carbons (Fsp3) is 0.111. The van der Waals surface area contributed by atoms with Gasteiger partial charge in [-0.15, -0.1) is 0 Å². The number of alkyl halides is 3. The van der Waals surface area contributed by atoms with Gasteiger partial charge in [0.15, 0.2) is 0 Å². The van der Waals surface area contributed by atoms with Crippen LogP contribution >= 0.6 is 11.5 Å². The minimum Gasteiger partial charge on any atom is -1.00 e. The molecule has 0 bridgehead atoms. The Kier molecular flexibility index (Phi) is 4.60. The maximum Gasteiger partial charge on any atom is 0.419 e. The molecule has 0 saturated heterocycles. The van der Waals surface area contributed by atoms with Gasteiger partial charge < -0.3 is 12.4 Å². The number of nitrogens with zero attached hydrogens (tertiary/aromatic N) is 2. The number of nitrogens with two attached hydrogens (primary N) is 1. The first-order valence-corrected chi connectivity index (χ1v) is 5.22. The summed E-state index contributed by atoms with van der Waals surface area (Å²) in [6, 6.07) is 2.79. The third kappa shape index (κ3) is 3.37. The number of hydrogen-bond acceptors (Lipinski definition) is 3. The van der Waals surface area contributed by atoms with Crippen LogP contribution in [0.15, 0.2) is 24.5 Å². The van der Waals surface area contributed by atoms with E-state index < -0.39 is 17.6 Å². The Bertz CT molecular complexity index is 515. The summed E-state index contributed by atoms with van der Waals surface area (Å²) < 4.78 is 54.0. The van der Waals surface area contributed by atoms with Gasteiger partial charge in [-0.25, -0.2) is 4.39 Å². The molecule has 2 rings (SSSR count). The highest BCUT2D eigenvalue weighted by molar-refractivity contribution is 7.08. The lowest BCUT2D eigenvalue weighted by Crippen LogP contribution is -3.00. The topological polar surface area (TPSA) is 42.4 Å². The standard InChI is InChI=1S/C9H5F4N3S.ClH/c10-7-2-1-5(3-6(7)9(11,12)13)16-8-14-4-15-17-8;/h1-4H,(H,14,15,16);1H. The molecule has 9 heteroatoms. The van der Waals surface area contributed by atoms with E-state index in [1.165, 1.54) is 17.7 Å². The summed E-state index contributed by atoms with van der Waals surface area (Å²) in [6.07, 6.45) is -3.40. The number of aromatic nitrogens is 2. The van der Waals surface area contributed by atoms with Crippen molar-refractivity contribution in [1.82, 2.24) is 9.36 Å². The van der Waals surface area contributed by atoms with Gasteiger partial charge >= 0.3 is 11.3 Å². The predicted molar refractivity (Wildman–Crippen MR) is 52.6 cm³/mol. The zero-order valence-electron chi connectivity index (χ0n) is 8.58. The van der Waals surface area contributed by atoms with Gasteiger partial charge in [-0.05, 0) is 6.07 Å². The Hall–Kier alpha value is -1.25. The third-order valence-corrected chi connectivity index (χ3v) is 2.57. The van der Waals surface area contributed by atoms with E-state index in [9.17, 15) is 17.6 Å². The second-order valence-corrected chi connectivity index (χ2v) is 3.97. The Labute approximate surface area is 109 Å². The molecule has 2 N–H and O–H groups in total. The number of rotatable bonds is 2. The maximum absolute atomic E-state index is 13.0. The Morgan fingerprint density at radius 3 is 2.50 bits per heavy atom. The molecule has 0 aliphatic carbocycles. The van der Waals surface area contributed by atoms with Gasteiger partial charge in [0.2, 0.25) is 0 Å². The molecule has 0 aliphatic heterocycles. The number of benzene rings is 1. The third-order valence-electron chi connectivity index (χ3n) is 1.96. The molecule has 3 nitrogen and oxygen atoms in total. The first-order chi connectivity index (χ1) is 7.97. The molecule has 0 atom stereocenters. The zero-order chi connectivity index (χ0) is 12.5. The first kappa shape index (κ1) is 14.8. The van der Waals surface area contributed by atoms with Crippen LogP contribution in [0.3, 0.4) is 0 Å². The largest absolute Gasteiger partial charge is 1.00 e. The molecule has 0 fully saturated rings. The van der Waals surface area contributed by atoms with Crippen molar-refractivity contribution in [2.45, 2.75) is 6.18 Å². The van der Waals surface area contributed by atoms with Crippen molar-refractivity contribution in [3.05, 3.63) is 35.9 Å². The molecular formula is C9H6ClF4N3S. The molecule has 18 heavy (non-hydrogen) atoms. The van der Waals surface area contributed by atoms with Gasteiger partial charge in [0.25, 0.3) is 0 Å². The van der Waals surface area contributed by atoms with Crippen molar-refractivity contribution >= 4 is 22.4 Å². The fourth-order valence-corrected chi connectivity index (χ4v) is 1.72. The minimum absolute atomic E-state index is 0. The lowest BCUT2D eigenvalue weighted by molar-refractivity contribution is -0.478. The normalized spacial score (nSPS) is 11.1. The van der Waals surface area contributed by atoms with Crippen molar-refractivity contribution in [2.24, 2.45) is 0 Å². The Morgan fingerprint density at radius 1 is 1.22 bits per heavy atom. The maximum atomic E-state index is 13.0. The summed E-state index contributed by atoms with van der Waals surface area (Å²) in [5, 5.41) is 1.87. The number of quaternary nitrogens is 1. The van der Waals surface area contributed by atoms with Crippen LogP contribution in [0.5, 0.6) is 0 Å². The molecular weight excluding hydrogens is 294 g/mol. The van der Waals surface area contributed by atoms with Crippen molar-refractivity contribution in [2.75, 3.05) is 0 Å². The molecule has 98 valence electrons. The molecule has 1 aromatic carbocycles. The summed E-state index contributed by atoms with van der Waals surface area (Å²) in [7, 11) is 0.